The van der Waals surface area contributed by atoms with Gasteiger partial charge in [-0.05, 0) is 50.0 Å². The first-order chi connectivity index (χ1) is 11.2. The van der Waals surface area contributed by atoms with Crippen LogP contribution in [0.1, 0.15) is 24.0 Å². The number of anilines is 1. The van der Waals surface area contributed by atoms with Crippen molar-refractivity contribution in [3.63, 3.8) is 0 Å². The molecule has 2 aliphatic heterocycles. The van der Waals surface area contributed by atoms with Gasteiger partial charge >= 0.3 is 0 Å². The Balaban J connectivity index is 1.65. The van der Waals surface area contributed by atoms with Crippen LogP contribution in [0, 0.1) is 12.8 Å². The van der Waals surface area contributed by atoms with Gasteiger partial charge in [0, 0.05) is 42.7 Å². The Morgan fingerprint density at radius 1 is 1.30 bits per heavy atom. The van der Waals surface area contributed by atoms with Gasteiger partial charge in [-0.25, -0.2) is 0 Å². The largest absolute Gasteiger partial charge is 0.326 e. The average Bonchev–Trinajstić information content (AvgIpc) is 2.60. The van der Waals surface area contributed by atoms with E-state index >= 15 is 0 Å². The molecule has 0 aliphatic carbocycles. The lowest BCUT2D eigenvalue weighted by Gasteiger charge is -2.27. The van der Waals surface area contributed by atoms with Crippen LogP contribution in [0.5, 0.6) is 0 Å². The van der Waals surface area contributed by atoms with Crippen LogP contribution in [-0.4, -0.2) is 48.5 Å². The van der Waals surface area contributed by atoms with Crippen molar-refractivity contribution in [2.45, 2.75) is 26.3 Å². The van der Waals surface area contributed by atoms with E-state index in [-0.39, 0.29) is 11.8 Å². The molecular formula is C18H27N3OS. The van der Waals surface area contributed by atoms with Gasteiger partial charge in [0.2, 0.25) is 5.91 Å². The molecule has 3 rings (SSSR count). The Labute approximate surface area is 143 Å². The highest BCUT2D eigenvalue weighted by Crippen LogP contribution is 2.23. The van der Waals surface area contributed by atoms with Crippen molar-refractivity contribution in [3.05, 3.63) is 29.3 Å². The summed E-state index contributed by atoms with van der Waals surface area (Å²) in [7, 11) is 0. The summed E-state index contributed by atoms with van der Waals surface area (Å²) in [6, 6.07) is 6.29. The number of amides is 1. The maximum absolute atomic E-state index is 12.5. The molecule has 0 unspecified atom stereocenters. The standard InChI is InChI=1S/C18H27N3OS/c1-14-16(13-21-9-11-23-12-10-21)3-2-4-17(14)20-18(22)15-5-7-19-8-6-15/h2-4,15,19H,5-13H2,1H3,(H,20,22). The average molecular weight is 334 g/mol. The number of rotatable bonds is 4. The zero-order valence-electron chi connectivity index (χ0n) is 13.9. The number of carbonyl (C=O) groups is 1. The molecule has 0 aromatic heterocycles. The molecule has 0 saturated carbocycles. The molecule has 4 nitrogen and oxygen atoms in total. The maximum Gasteiger partial charge on any atom is 0.227 e. The Bertz CT molecular complexity index is 537. The van der Waals surface area contributed by atoms with Gasteiger partial charge in [-0.1, -0.05) is 12.1 Å². The predicted molar refractivity (Wildman–Crippen MR) is 98.0 cm³/mol. The second-order valence-electron chi connectivity index (χ2n) is 6.49. The van der Waals surface area contributed by atoms with Crippen LogP contribution in [0.15, 0.2) is 18.2 Å². The lowest BCUT2D eigenvalue weighted by atomic mass is 9.96. The zero-order chi connectivity index (χ0) is 16.1. The van der Waals surface area contributed by atoms with Crippen LogP contribution < -0.4 is 10.6 Å². The van der Waals surface area contributed by atoms with Gasteiger partial charge in [-0.15, -0.1) is 0 Å². The molecule has 23 heavy (non-hydrogen) atoms. The third-order valence-corrected chi connectivity index (χ3v) is 5.85. The predicted octanol–water partition coefficient (Wildman–Crippen LogP) is 2.48. The van der Waals surface area contributed by atoms with Gasteiger partial charge in [0.05, 0.1) is 0 Å². The molecule has 2 saturated heterocycles. The molecule has 0 bridgehead atoms. The minimum absolute atomic E-state index is 0.151. The van der Waals surface area contributed by atoms with E-state index in [4.69, 9.17) is 0 Å². The molecular weight excluding hydrogens is 306 g/mol. The van der Waals surface area contributed by atoms with Gasteiger partial charge < -0.3 is 10.6 Å². The third kappa shape index (κ3) is 4.49. The highest BCUT2D eigenvalue weighted by molar-refractivity contribution is 7.99. The second-order valence-corrected chi connectivity index (χ2v) is 7.72. The SMILES string of the molecule is Cc1c(CN2CCSCC2)cccc1NC(=O)C1CCNCC1. The highest BCUT2D eigenvalue weighted by Gasteiger charge is 2.21. The van der Waals surface area contributed by atoms with E-state index in [9.17, 15) is 4.79 Å². The zero-order valence-corrected chi connectivity index (χ0v) is 14.8. The first-order valence-corrected chi connectivity index (χ1v) is 9.79. The molecule has 1 aromatic carbocycles. The number of thioether (sulfide) groups is 1. The topological polar surface area (TPSA) is 44.4 Å². The molecule has 1 amide bonds. The van der Waals surface area contributed by atoms with Crippen molar-refractivity contribution >= 4 is 23.4 Å². The lowest BCUT2D eigenvalue weighted by molar-refractivity contribution is -0.120. The van der Waals surface area contributed by atoms with Crippen molar-refractivity contribution in [1.29, 1.82) is 0 Å². The summed E-state index contributed by atoms with van der Waals surface area (Å²) in [4.78, 5) is 15.0. The first kappa shape index (κ1) is 16.8. The molecule has 2 N–H and O–H groups in total. The van der Waals surface area contributed by atoms with E-state index in [1.54, 1.807) is 0 Å². The fourth-order valence-electron chi connectivity index (χ4n) is 3.31. The fourth-order valence-corrected chi connectivity index (χ4v) is 4.29. The number of benzene rings is 1. The van der Waals surface area contributed by atoms with E-state index in [0.717, 1.165) is 51.3 Å². The van der Waals surface area contributed by atoms with Gasteiger partial charge in [0.25, 0.3) is 0 Å². The van der Waals surface area contributed by atoms with Crippen molar-refractivity contribution < 1.29 is 4.79 Å². The smallest absolute Gasteiger partial charge is 0.227 e. The van der Waals surface area contributed by atoms with Gasteiger partial charge in [0.15, 0.2) is 0 Å². The quantitative estimate of drug-likeness (QED) is 0.888. The number of nitrogens with one attached hydrogen (secondary N) is 2. The summed E-state index contributed by atoms with van der Waals surface area (Å²) in [5.74, 6) is 2.79. The molecule has 5 heteroatoms. The summed E-state index contributed by atoms with van der Waals surface area (Å²) >= 11 is 2.04. The van der Waals surface area contributed by atoms with E-state index in [1.165, 1.54) is 22.6 Å². The Morgan fingerprint density at radius 3 is 2.78 bits per heavy atom. The second kappa shape index (κ2) is 8.18. The maximum atomic E-state index is 12.5. The first-order valence-electron chi connectivity index (χ1n) is 8.64. The molecule has 2 heterocycles. The van der Waals surface area contributed by atoms with E-state index < -0.39 is 0 Å². The minimum atomic E-state index is 0.151. The molecule has 126 valence electrons. The van der Waals surface area contributed by atoms with Crippen molar-refractivity contribution in [1.82, 2.24) is 10.2 Å². The van der Waals surface area contributed by atoms with E-state index in [2.05, 4.69) is 34.6 Å². The summed E-state index contributed by atoms with van der Waals surface area (Å²) in [6.45, 7) is 7.34. The Kier molecular flexibility index (Phi) is 5.97. The number of carbonyl (C=O) groups excluding carboxylic acids is 1. The van der Waals surface area contributed by atoms with Crippen LogP contribution in [0.25, 0.3) is 0 Å². The minimum Gasteiger partial charge on any atom is -0.326 e. The Morgan fingerprint density at radius 2 is 2.04 bits per heavy atom. The normalized spacial score (nSPS) is 20.4. The molecule has 0 atom stereocenters. The lowest BCUT2D eigenvalue weighted by Crippen LogP contribution is -2.35. The van der Waals surface area contributed by atoms with Crippen molar-refractivity contribution in [2.75, 3.05) is 43.0 Å². The van der Waals surface area contributed by atoms with Gasteiger partial charge in [-0.3, -0.25) is 9.69 Å². The van der Waals surface area contributed by atoms with Gasteiger partial charge in [0.1, 0.15) is 0 Å². The molecule has 1 aromatic rings. The Hall–Kier alpha value is -1.04. The molecule has 0 spiro atoms. The van der Waals surface area contributed by atoms with Crippen LogP contribution in [-0.2, 0) is 11.3 Å². The number of hydrogen-bond acceptors (Lipinski definition) is 4. The monoisotopic (exact) mass is 333 g/mol. The number of nitrogens with zero attached hydrogens (tertiary/aromatic N) is 1. The highest BCUT2D eigenvalue weighted by atomic mass is 32.2. The van der Waals surface area contributed by atoms with Crippen LogP contribution in [0.2, 0.25) is 0 Å². The molecule has 0 radical (unpaired) electrons. The number of piperidine rings is 1. The molecule has 2 fully saturated rings. The third-order valence-electron chi connectivity index (χ3n) is 4.91. The van der Waals surface area contributed by atoms with Gasteiger partial charge in [-0.2, -0.15) is 11.8 Å². The van der Waals surface area contributed by atoms with Crippen molar-refractivity contribution in [3.8, 4) is 0 Å². The summed E-state index contributed by atoms with van der Waals surface area (Å²) < 4.78 is 0. The molecule has 2 aliphatic rings. The summed E-state index contributed by atoms with van der Waals surface area (Å²) in [5, 5.41) is 6.48. The van der Waals surface area contributed by atoms with Crippen LogP contribution >= 0.6 is 11.8 Å². The van der Waals surface area contributed by atoms with Crippen LogP contribution in [0.4, 0.5) is 5.69 Å². The summed E-state index contributed by atoms with van der Waals surface area (Å²) in [6.07, 6.45) is 1.88. The van der Waals surface area contributed by atoms with E-state index in [0.29, 0.717) is 0 Å². The number of hydrogen-bond donors (Lipinski definition) is 2. The fraction of sp³-hybridized carbons (Fsp3) is 0.611. The van der Waals surface area contributed by atoms with Crippen LogP contribution in [0.3, 0.4) is 0 Å². The summed E-state index contributed by atoms with van der Waals surface area (Å²) in [5.41, 5.74) is 3.53. The van der Waals surface area contributed by atoms with E-state index in [1.807, 2.05) is 17.8 Å². The van der Waals surface area contributed by atoms with Crippen molar-refractivity contribution in [2.24, 2.45) is 5.92 Å².